The lowest BCUT2D eigenvalue weighted by Gasteiger charge is -2.11. The smallest absolute Gasteiger partial charge is 0.164 e. The number of hydrogen-bond donors (Lipinski definition) is 0. The highest BCUT2D eigenvalue weighted by molar-refractivity contribution is 7.27. The number of benzene rings is 7. The third-order valence-corrected chi connectivity index (χ3v) is 10.7. The lowest BCUT2D eigenvalue weighted by atomic mass is 10.0. The van der Waals surface area contributed by atoms with Gasteiger partial charge in [-0.15, -0.1) is 11.3 Å². The molecular formula is C45H28N4S. The van der Waals surface area contributed by atoms with Gasteiger partial charge < -0.3 is 4.57 Å². The van der Waals surface area contributed by atoms with Crippen LogP contribution in [0.4, 0.5) is 0 Å². The standard InChI is InChI=1S/C45H28N4S/c1-4-13-29(14-5-1)34-20-12-21-35-36-27-28-39-40(42(36)50-41(34)35)37-19-10-11-22-38(37)49(39)33-25-23-32(24-26-33)45-47-43(30-15-6-2-7-16-30)46-44(48-45)31-17-8-3-9-18-31/h1-28H. The van der Waals surface area contributed by atoms with Crippen LogP contribution in [0.15, 0.2) is 170 Å². The molecule has 4 nitrogen and oxygen atoms in total. The summed E-state index contributed by atoms with van der Waals surface area (Å²) in [5, 5.41) is 5.14. The van der Waals surface area contributed by atoms with Crippen LogP contribution in [0.25, 0.3) is 93.0 Å². The highest BCUT2D eigenvalue weighted by Crippen LogP contribution is 2.46. The molecule has 10 rings (SSSR count). The topological polar surface area (TPSA) is 43.6 Å². The Labute approximate surface area is 292 Å². The molecule has 0 aliphatic heterocycles. The highest BCUT2D eigenvalue weighted by Gasteiger charge is 2.19. The largest absolute Gasteiger partial charge is 0.309 e. The van der Waals surface area contributed by atoms with E-state index in [1.165, 1.54) is 53.1 Å². The van der Waals surface area contributed by atoms with E-state index in [9.17, 15) is 0 Å². The predicted octanol–water partition coefficient (Wildman–Crippen LogP) is 12.0. The van der Waals surface area contributed by atoms with Gasteiger partial charge in [0.25, 0.3) is 0 Å². The Morgan fingerprint density at radius 3 is 1.52 bits per heavy atom. The summed E-state index contributed by atoms with van der Waals surface area (Å²) in [6, 6.07) is 59.5. The second-order valence-electron chi connectivity index (χ2n) is 12.4. The third-order valence-electron chi connectivity index (χ3n) is 9.47. The maximum atomic E-state index is 4.95. The molecule has 50 heavy (non-hydrogen) atoms. The molecule has 0 saturated carbocycles. The monoisotopic (exact) mass is 656 g/mol. The maximum Gasteiger partial charge on any atom is 0.164 e. The number of aromatic nitrogens is 4. The molecule has 0 radical (unpaired) electrons. The number of rotatable bonds is 5. The van der Waals surface area contributed by atoms with Crippen LogP contribution in [0.1, 0.15) is 0 Å². The van der Waals surface area contributed by atoms with Crippen molar-refractivity contribution >= 4 is 53.3 Å². The van der Waals surface area contributed by atoms with E-state index >= 15 is 0 Å². The van der Waals surface area contributed by atoms with E-state index in [1.807, 2.05) is 72.0 Å². The zero-order valence-corrected chi connectivity index (χ0v) is 27.7. The molecular weight excluding hydrogens is 629 g/mol. The molecule has 0 fully saturated rings. The summed E-state index contributed by atoms with van der Waals surface area (Å²) >= 11 is 1.90. The fourth-order valence-electron chi connectivity index (χ4n) is 7.13. The summed E-state index contributed by atoms with van der Waals surface area (Å²) in [5.41, 5.74) is 8.84. The number of nitrogens with zero attached hydrogens (tertiary/aromatic N) is 4. The lowest BCUT2D eigenvalue weighted by Crippen LogP contribution is -2.00. The average Bonchev–Trinajstić information content (AvgIpc) is 3.75. The van der Waals surface area contributed by atoms with Gasteiger partial charge in [-0.25, -0.2) is 15.0 Å². The quantitative estimate of drug-likeness (QED) is 0.185. The van der Waals surface area contributed by atoms with Gasteiger partial charge in [0.1, 0.15) is 0 Å². The Balaban J connectivity index is 1.13. The first-order chi connectivity index (χ1) is 24.8. The summed E-state index contributed by atoms with van der Waals surface area (Å²) in [4.78, 5) is 14.8. The van der Waals surface area contributed by atoms with Gasteiger partial charge in [-0.3, -0.25) is 0 Å². The van der Waals surface area contributed by atoms with Crippen molar-refractivity contribution in [2.75, 3.05) is 0 Å². The molecule has 0 N–H and O–H groups in total. The van der Waals surface area contributed by atoms with Crippen molar-refractivity contribution in [3.63, 3.8) is 0 Å². The van der Waals surface area contributed by atoms with Crippen LogP contribution in [0, 0.1) is 0 Å². The summed E-state index contributed by atoms with van der Waals surface area (Å²) in [7, 11) is 0. The maximum absolute atomic E-state index is 4.95. The van der Waals surface area contributed by atoms with Crippen LogP contribution < -0.4 is 0 Å². The molecule has 0 bridgehead atoms. The van der Waals surface area contributed by atoms with Gasteiger partial charge in [0, 0.05) is 53.3 Å². The number of hydrogen-bond acceptors (Lipinski definition) is 4. The van der Waals surface area contributed by atoms with E-state index in [0.717, 1.165) is 22.4 Å². The molecule has 0 amide bonds. The Hall–Kier alpha value is -6.43. The fraction of sp³-hybridized carbons (Fsp3) is 0. The van der Waals surface area contributed by atoms with Gasteiger partial charge in [-0.1, -0.05) is 133 Å². The minimum absolute atomic E-state index is 0.646. The SMILES string of the molecule is c1ccc(-c2nc(-c3ccccc3)nc(-c3ccc(-n4c5ccccc5c5c6sc7c(-c8ccccc8)cccc7c6ccc54)cc3)n2)cc1. The van der Waals surface area contributed by atoms with E-state index in [-0.39, 0.29) is 0 Å². The molecule has 0 atom stereocenters. The highest BCUT2D eigenvalue weighted by atomic mass is 32.1. The Bertz CT molecular complexity index is 2780. The van der Waals surface area contributed by atoms with Crippen LogP contribution >= 0.6 is 11.3 Å². The van der Waals surface area contributed by atoms with E-state index < -0.39 is 0 Å². The summed E-state index contributed by atoms with van der Waals surface area (Å²) in [5.74, 6) is 1.96. The zero-order chi connectivity index (χ0) is 33.0. The van der Waals surface area contributed by atoms with Crippen LogP contribution in [0.5, 0.6) is 0 Å². The van der Waals surface area contributed by atoms with Gasteiger partial charge in [-0.05, 0) is 47.5 Å². The minimum Gasteiger partial charge on any atom is -0.309 e. The minimum atomic E-state index is 0.646. The molecule has 0 spiro atoms. The molecule has 10 aromatic rings. The molecule has 0 unspecified atom stereocenters. The van der Waals surface area contributed by atoms with Crippen molar-refractivity contribution in [3.05, 3.63) is 170 Å². The van der Waals surface area contributed by atoms with Crippen molar-refractivity contribution in [3.8, 4) is 51.0 Å². The van der Waals surface area contributed by atoms with Gasteiger partial charge in [0.2, 0.25) is 0 Å². The molecule has 3 heterocycles. The zero-order valence-electron chi connectivity index (χ0n) is 26.9. The summed E-state index contributed by atoms with van der Waals surface area (Å²) in [6.45, 7) is 0. The molecule has 3 aromatic heterocycles. The van der Waals surface area contributed by atoms with Crippen LogP contribution in [0.3, 0.4) is 0 Å². The number of thiophene rings is 1. The Morgan fingerprint density at radius 1 is 0.360 bits per heavy atom. The molecule has 0 aliphatic rings. The van der Waals surface area contributed by atoms with Gasteiger partial charge >= 0.3 is 0 Å². The molecule has 234 valence electrons. The van der Waals surface area contributed by atoms with Crippen molar-refractivity contribution in [1.82, 2.24) is 19.5 Å². The average molecular weight is 657 g/mol. The van der Waals surface area contributed by atoms with E-state index in [4.69, 9.17) is 15.0 Å². The van der Waals surface area contributed by atoms with Crippen molar-refractivity contribution in [2.24, 2.45) is 0 Å². The molecule has 0 aliphatic carbocycles. The molecule has 5 heteroatoms. The lowest BCUT2D eigenvalue weighted by molar-refractivity contribution is 1.07. The molecule has 0 saturated heterocycles. The van der Waals surface area contributed by atoms with Gasteiger partial charge in [-0.2, -0.15) is 0 Å². The van der Waals surface area contributed by atoms with Gasteiger partial charge in [0.05, 0.1) is 11.0 Å². The van der Waals surface area contributed by atoms with E-state index in [0.29, 0.717) is 17.5 Å². The first-order valence-electron chi connectivity index (χ1n) is 16.7. The summed E-state index contributed by atoms with van der Waals surface area (Å²) < 4.78 is 5.03. The van der Waals surface area contributed by atoms with E-state index in [1.54, 1.807) is 0 Å². The number of para-hydroxylation sites is 1. The Kier molecular flexibility index (Phi) is 6.64. The van der Waals surface area contributed by atoms with Crippen molar-refractivity contribution < 1.29 is 0 Å². The second kappa shape index (κ2) is 11.6. The van der Waals surface area contributed by atoms with E-state index in [2.05, 4.69) is 114 Å². The fourth-order valence-corrected chi connectivity index (χ4v) is 8.52. The van der Waals surface area contributed by atoms with Crippen molar-refractivity contribution in [1.29, 1.82) is 0 Å². The second-order valence-corrected chi connectivity index (χ2v) is 13.4. The third kappa shape index (κ3) is 4.63. The normalized spacial score (nSPS) is 11.6. The molecule has 7 aromatic carbocycles. The Morgan fingerprint density at radius 2 is 0.880 bits per heavy atom. The summed E-state index contributed by atoms with van der Waals surface area (Å²) in [6.07, 6.45) is 0. The first-order valence-corrected chi connectivity index (χ1v) is 17.5. The predicted molar refractivity (Wildman–Crippen MR) is 209 cm³/mol. The van der Waals surface area contributed by atoms with Crippen LogP contribution in [-0.4, -0.2) is 19.5 Å². The van der Waals surface area contributed by atoms with Crippen molar-refractivity contribution in [2.45, 2.75) is 0 Å². The number of fused-ring (bicyclic) bond motifs is 7. The van der Waals surface area contributed by atoms with Gasteiger partial charge in [0.15, 0.2) is 17.5 Å². The van der Waals surface area contributed by atoms with Crippen LogP contribution in [0.2, 0.25) is 0 Å². The first kappa shape index (κ1) is 28.6. The van der Waals surface area contributed by atoms with Crippen LogP contribution in [-0.2, 0) is 0 Å².